The number of benzene rings is 1. The molecule has 0 fully saturated rings. The Bertz CT molecular complexity index is 456. The lowest BCUT2D eigenvalue weighted by atomic mass is 10.1. The minimum absolute atomic E-state index is 0.165. The van der Waals surface area contributed by atoms with Crippen molar-refractivity contribution in [2.24, 2.45) is 0 Å². The molecule has 0 aliphatic heterocycles. The Morgan fingerprint density at radius 1 is 1.19 bits per heavy atom. The molecule has 0 radical (unpaired) electrons. The Kier molecular flexibility index (Phi) is 3.42. The molecule has 1 aromatic carbocycles. The van der Waals surface area contributed by atoms with E-state index in [4.69, 9.17) is 11.6 Å². The molecular weight excluding hydrogens is 220 g/mol. The predicted molar refractivity (Wildman–Crippen MR) is 67.7 cm³/mol. The minimum Gasteiger partial charge on any atom is -0.377 e. The van der Waals surface area contributed by atoms with Crippen LogP contribution in [0.1, 0.15) is 18.5 Å². The van der Waals surface area contributed by atoms with Crippen LogP contribution in [-0.2, 0) is 0 Å². The number of hydrogen-bond acceptors (Lipinski definition) is 2. The third-order valence-electron chi connectivity index (χ3n) is 2.42. The van der Waals surface area contributed by atoms with Gasteiger partial charge in [0.25, 0.3) is 0 Å². The van der Waals surface area contributed by atoms with Gasteiger partial charge in [0.2, 0.25) is 0 Å². The molecule has 0 saturated heterocycles. The lowest BCUT2D eigenvalue weighted by Gasteiger charge is -2.16. The molecule has 0 aliphatic carbocycles. The first kappa shape index (κ1) is 11.0. The van der Waals surface area contributed by atoms with Gasteiger partial charge >= 0.3 is 0 Å². The summed E-state index contributed by atoms with van der Waals surface area (Å²) in [5.41, 5.74) is 2.09. The summed E-state index contributed by atoms with van der Waals surface area (Å²) in [5, 5.41) is 4.14. The zero-order valence-corrected chi connectivity index (χ0v) is 9.78. The molecule has 0 spiro atoms. The highest BCUT2D eigenvalue weighted by Crippen LogP contribution is 2.25. The molecule has 2 nitrogen and oxygen atoms in total. The number of rotatable bonds is 3. The molecular formula is C13H13ClN2. The van der Waals surface area contributed by atoms with E-state index in [1.807, 2.05) is 36.4 Å². The summed E-state index contributed by atoms with van der Waals surface area (Å²) in [7, 11) is 0. The van der Waals surface area contributed by atoms with Crippen molar-refractivity contribution in [2.45, 2.75) is 13.0 Å². The maximum absolute atomic E-state index is 6.13. The van der Waals surface area contributed by atoms with Crippen LogP contribution < -0.4 is 5.32 Å². The summed E-state index contributed by atoms with van der Waals surface area (Å²) >= 11 is 6.13. The van der Waals surface area contributed by atoms with Crippen molar-refractivity contribution in [3.8, 4) is 0 Å². The fourth-order valence-electron chi connectivity index (χ4n) is 1.60. The molecule has 1 heterocycles. The van der Waals surface area contributed by atoms with Crippen molar-refractivity contribution >= 4 is 17.3 Å². The minimum atomic E-state index is 0.165. The maximum atomic E-state index is 6.13. The first-order chi connectivity index (χ1) is 7.77. The molecule has 1 atom stereocenters. The van der Waals surface area contributed by atoms with Gasteiger partial charge in [-0.05, 0) is 30.7 Å². The second-order valence-corrected chi connectivity index (χ2v) is 4.04. The molecule has 1 N–H and O–H groups in total. The van der Waals surface area contributed by atoms with Crippen molar-refractivity contribution in [3.63, 3.8) is 0 Å². The normalized spacial score (nSPS) is 12.1. The van der Waals surface area contributed by atoms with Gasteiger partial charge in [-0.25, -0.2) is 0 Å². The van der Waals surface area contributed by atoms with Gasteiger partial charge < -0.3 is 5.32 Å². The van der Waals surface area contributed by atoms with Crippen molar-refractivity contribution in [3.05, 3.63) is 59.4 Å². The molecule has 0 bridgehead atoms. The fraction of sp³-hybridized carbons (Fsp3) is 0.154. The highest BCUT2D eigenvalue weighted by molar-refractivity contribution is 6.31. The van der Waals surface area contributed by atoms with Crippen LogP contribution in [0.3, 0.4) is 0 Å². The first-order valence-corrected chi connectivity index (χ1v) is 5.56. The summed E-state index contributed by atoms with van der Waals surface area (Å²) < 4.78 is 0. The van der Waals surface area contributed by atoms with Crippen LogP contribution in [0.5, 0.6) is 0 Å². The highest BCUT2D eigenvalue weighted by atomic mass is 35.5. The fourth-order valence-corrected chi connectivity index (χ4v) is 1.90. The van der Waals surface area contributed by atoms with Gasteiger partial charge in [0.15, 0.2) is 0 Å². The summed E-state index contributed by atoms with van der Waals surface area (Å²) in [4.78, 5) is 4.06. The largest absolute Gasteiger partial charge is 0.377 e. The number of aromatic nitrogens is 1. The van der Waals surface area contributed by atoms with Crippen molar-refractivity contribution in [1.82, 2.24) is 4.98 Å². The van der Waals surface area contributed by atoms with Crippen LogP contribution in [0, 0.1) is 0 Å². The molecule has 0 saturated carbocycles. The number of nitrogens with zero attached hydrogens (tertiary/aromatic N) is 1. The van der Waals surface area contributed by atoms with E-state index in [-0.39, 0.29) is 6.04 Å². The second kappa shape index (κ2) is 4.99. The molecule has 16 heavy (non-hydrogen) atoms. The zero-order chi connectivity index (χ0) is 11.4. The molecule has 1 aromatic heterocycles. The summed E-state index contributed by atoms with van der Waals surface area (Å²) in [5.74, 6) is 0. The average molecular weight is 233 g/mol. The predicted octanol–water partition coefficient (Wildman–Crippen LogP) is 3.91. The van der Waals surface area contributed by atoms with Gasteiger partial charge in [-0.15, -0.1) is 0 Å². The Labute approximate surface area is 100 Å². The Morgan fingerprint density at radius 3 is 2.69 bits per heavy atom. The molecule has 2 aromatic rings. The van der Waals surface area contributed by atoms with E-state index in [0.29, 0.717) is 0 Å². The first-order valence-electron chi connectivity index (χ1n) is 5.18. The summed E-state index contributed by atoms with van der Waals surface area (Å²) in [6.07, 6.45) is 3.55. The van der Waals surface area contributed by atoms with E-state index < -0.39 is 0 Å². The Hall–Kier alpha value is -1.54. The van der Waals surface area contributed by atoms with Gasteiger partial charge in [-0.3, -0.25) is 4.98 Å². The molecule has 0 aliphatic rings. The van der Waals surface area contributed by atoms with E-state index in [0.717, 1.165) is 16.3 Å². The van der Waals surface area contributed by atoms with Crippen molar-refractivity contribution in [1.29, 1.82) is 0 Å². The van der Waals surface area contributed by atoms with Crippen LogP contribution in [0.15, 0.2) is 48.8 Å². The number of anilines is 1. The monoisotopic (exact) mass is 232 g/mol. The maximum Gasteiger partial charge on any atom is 0.0531 e. The summed E-state index contributed by atoms with van der Waals surface area (Å²) in [6, 6.07) is 11.9. The Balaban J connectivity index is 2.15. The van der Waals surface area contributed by atoms with Crippen LogP contribution in [0.4, 0.5) is 5.69 Å². The SMILES string of the molecule is CC(Nc1cccnc1)c1ccccc1Cl. The van der Waals surface area contributed by atoms with E-state index in [1.54, 1.807) is 12.4 Å². The van der Waals surface area contributed by atoms with Gasteiger partial charge in [0.1, 0.15) is 0 Å². The molecule has 1 unspecified atom stereocenters. The van der Waals surface area contributed by atoms with Crippen molar-refractivity contribution in [2.75, 3.05) is 5.32 Å². The topological polar surface area (TPSA) is 24.9 Å². The molecule has 2 rings (SSSR count). The Morgan fingerprint density at radius 2 is 2.00 bits per heavy atom. The molecule has 3 heteroatoms. The van der Waals surface area contributed by atoms with E-state index in [2.05, 4.69) is 17.2 Å². The summed E-state index contributed by atoms with van der Waals surface area (Å²) in [6.45, 7) is 2.08. The van der Waals surface area contributed by atoms with E-state index >= 15 is 0 Å². The number of nitrogens with one attached hydrogen (secondary N) is 1. The quantitative estimate of drug-likeness (QED) is 0.868. The van der Waals surface area contributed by atoms with Crippen LogP contribution >= 0.6 is 11.6 Å². The molecule has 82 valence electrons. The third kappa shape index (κ3) is 2.52. The standard InChI is InChI=1S/C13H13ClN2/c1-10(12-6-2-3-7-13(12)14)16-11-5-4-8-15-9-11/h2-10,16H,1H3. The second-order valence-electron chi connectivity index (χ2n) is 3.63. The highest BCUT2D eigenvalue weighted by Gasteiger charge is 2.08. The number of hydrogen-bond donors (Lipinski definition) is 1. The van der Waals surface area contributed by atoms with Gasteiger partial charge in [-0.1, -0.05) is 29.8 Å². The van der Waals surface area contributed by atoms with Crippen molar-refractivity contribution < 1.29 is 0 Å². The number of halogens is 1. The van der Waals surface area contributed by atoms with Crippen LogP contribution in [0.25, 0.3) is 0 Å². The molecule has 0 amide bonds. The van der Waals surface area contributed by atoms with Crippen LogP contribution in [0.2, 0.25) is 5.02 Å². The average Bonchev–Trinajstić information content (AvgIpc) is 2.31. The smallest absolute Gasteiger partial charge is 0.0531 e. The van der Waals surface area contributed by atoms with Gasteiger partial charge in [0, 0.05) is 17.4 Å². The van der Waals surface area contributed by atoms with Gasteiger partial charge in [-0.2, -0.15) is 0 Å². The number of pyridine rings is 1. The zero-order valence-electron chi connectivity index (χ0n) is 9.02. The lowest BCUT2D eigenvalue weighted by molar-refractivity contribution is 0.883. The van der Waals surface area contributed by atoms with Gasteiger partial charge in [0.05, 0.1) is 11.7 Å². The third-order valence-corrected chi connectivity index (χ3v) is 2.76. The van der Waals surface area contributed by atoms with E-state index in [9.17, 15) is 0 Å². The lowest BCUT2D eigenvalue weighted by Crippen LogP contribution is -2.07. The van der Waals surface area contributed by atoms with E-state index in [1.165, 1.54) is 0 Å². The van der Waals surface area contributed by atoms with Crippen LogP contribution in [-0.4, -0.2) is 4.98 Å².